The van der Waals surface area contributed by atoms with E-state index < -0.39 is 11.6 Å². The first kappa shape index (κ1) is 21.4. The van der Waals surface area contributed by atoms with Crippen molar-refractivity contribution < 1.29 is 17.9 Å². The molecule has 4 heteroatoms. The summed E-state index contributed by atoms with van der Waals surface area (Å²) in [6, 6.07) is 15.1. The number of benzene rings is 3. The van der Waals surface area contributed by atoms with Gasteiger partial charge in [0.1, 0.15) is 5.82 Å². The normalized spacial score (nSPS) is 19.1. The van der Waals surface area contributed by atoms with E-state index in [9.17, 15) is 13.2 Å². The molecule has 2 unspecified atom stereocenters. The Kier molecular flexibility index (Phi) is 6.28. The van der Waals surface area contributed by atoms with Crippen LogP contribution in [0.5, 0.6) is 0 Å². The Morgan fingerprint density at radius 2 is 1.52 bits per heavy atom. The summed E-state index contributed by atoms with van der Waals surface area (Å²) < 4.78 is 49.0. The molecule has 1 fully saturated rings. The van der Waals surface area contributed by atoms with E-state index in [-0.39, 0.29) is 23.0 Å². The summed E-state index contributed by atoms with van der Waals surface area (Å²) >= 11 is 0. The van der Waals surface area contributed by atoms with Crippen LogP contribution in [0.15, 0.2) is 66.7 Å². The maximum atomic E-state index is 14.9. The van der Waals surface area contributed by atoms with E-state index in [1.165, 1.54) is 6.92 Å². The van der Waals surface area contributed by atoms with Gasteiger partial charge in [0.15, 0.2) is 11.6 Å². The molecule has 0 aromatic heterocycles. The molecule has 3 aromatic rings. The van der Waals surface area contributed by atoms with Gasteiger partial charge in [-0.1, -0.05) is 60.7 Å². The van der Waals surface area contributed by atoms with Crippen LogP contribution in [-0.2, 0) is 4.74 Å². The lowest BCUT2D eigenvalue weighted by atomic mass is 9.93. The number of hydrogen-bond donors (Lipinski definition) is 0. The van der Waals surface area contributed by atoms with Gasteiger partial charge in [-0.05, 0) is 55.0 Å². The minimum absolute atomic E-state index is 0.0909. The first-order valence-corrected chi connectivity index (χ1v) is 10.6. The summed E-state index contributed by atoms with van der Waals surface area (Å²) in [6.45, 7) is 4.18. The number of aryl methyl sites for hydroxylation is 1. The first-order valence-electron chi connectivity index (χ1n) is 10.6. The molecule has 2 atom stereocenters. The summed E-state index contributed by atoms with van der Waals surface area (Å²) in [5.41, 5.74) is 2.99. The highest BCUT2D eigenvalue weighted by Crippen LogP contribution is 2.34. The molecule has 1 nitrogen and oxygen atoms in total. The van der Waals surface area contributed by atoms with Gasteiger partial charge in [0, 0.05) is 17.0 Å². The molecule has 0 saturated carbocycles. The van der Waals surface area contributed by atoms with Crippen molar-refractivity contribution in [3.05, 3.63) is 95.3 Å². The predicted molar refractivity (Wildman–Crippen MR) is 118 cm³/mol. The van der Waals surface area contributed by atoms with Crippen molar-refractivity contribution in [3.8, 4) is 22.3 Å². The average Bonchev–Trinajstić information content (AvgIpc) is 2.79. The van der Waals surface area contributed by atoms with Crippen molar-refractivity contribution in [1.82, 2.24) is 0 Å². The fraction of sp³-hybridized carbons (Fsp3) is 0.259. The highest BCUT2D eigenvalue weighted by Gasteiger charge is 2.22. The van der Waals surface area contributed by atoms with Crippen LogP contribution in [0.4, 0.5) is 13.2 Å². The molecule has 0 amide bonds. The molecule has 31 heavy (non-hydrogen) atoms. The van der Waals surface area contributed by atoms with Crippen LogP contribution in [0.2, 0.25) is 0 Å². The summed E-state index contributed by atoms with van der Waals surface area (Å²) in [5, 5.41) is 0. The molecular formula is C27H25F3O. The Balaban J connectivity index is 1.53. The van der Waals surface area contributed by atoms with Gasteiger partial charge in [-0.15, -0.1) is 0 Å². The van der Waals surface area contributed by atoms with E-state index in [1.54, 1.807) is 48.5 Å². The minimum atomic E-state index is -0.868. The first-order chi connectivity index (χ1) is 15.0. The van der Waals surface area contributed by atoms with Gasteiger partial charge in [0.25, 0.3) is 0 Å². The Morgan fingerprint density at radius 1 is 0.839 bits per heavy atom. The van der Waals surface area contributed by atoms with Crippen molar-refractivity contribution in [2.45, 2.75) is 32.8 Å². The van der Waals surface area contributed by atoms with Gasteiger partial charge in [-0.25, -0.2) is 13.2 Å². The second-order valence-corrected chi connectivity index (χ2v) is 8.06. The Hall–Kier alpha value is -2.85. The van der Waals surface area contributed by atoms with E-state index in [0.29, 0.717) is 29.2 Å². The smallest absolute Gasteiger partial charge is 0.166 e. The Bertz CT molecular complexity index is 1090. The number of ether oxygens (including phenoxy) is 1. The van der Waals surface area contributed by atoms with Crippen LogP contribution < -0.4 is 0 Å². The molecular weight excluding hydrogens is 397 g/mol. The third kappa shape index (κ3) is 4.45. The van der Waals surface area contributed by atoms with Crippen LogP contribution in [0.25, 0.3) is 22.3 Å². The average molecular weight is 422 g/mol. The van der Waals surface area contributed by atoms with Gasteiger partial charge >= 0.3 is 0 Å². The standard InChI is InChI=1S/C27H25F3O/c1-3-4-18-6-14-25(31-16-18)21-11-13-22(24(28)15-21)19-7-9-20(10-8-19)23-12-5-17(2)26(29)27(23)30/h3-5,7-13,15,18,25H,6,14,16H2,1-2H3. The summed E-state index contributed by atoms with van der Waals surface area (Å²) in [7, 11) is 0. The van der Waals surface area contributed by atoms with Gasteiger partial charge < -0.3 is 4.74 Å². The SMILES string of the molecule is CC=CC1CCC(c2ccc(-c3ccc(-c4ccc(C)c(F)c4F)cc3)c(F)c2)OC1. The lowest BCUT2D eigenvalue weighted by molar-refractivity contribution is -0.00538. The topological polar surface area (TPSA) is 9.23 Å². The molecule has 0 bridgehead atoms. The van der Waals surface area contributed by atoms with E-state index in [2.05, 4.69) is 6.08 Å². The minimum Gasteiger partial charge on any atom is -0.373 e. The van der Waals surface area contributed by atoms with E-state index in [1.807, 2.05) is 19.1 Å². The van der Waals surface area contributed by atoms with Crippen LogP contribution >= 0.6 is 0 Å². The monoisotopic (exact) mass is 422 g/mol. The molecule has 1 aliphatic rings. The maximum absolute atomic E-state index is 14.9. The van der Waals surface area contributed by atoms with Crippen molar-refractivity contribution in [2.24, 2.45) is 5.92 Å². The Labute approximate surface area is 181 Å². The van der Waals surface area contributed by atoms with Crippen molar-refractivity contribution >= 4 is 0 Å². The summed E-state index contributed by atoms with van der Waals surface area (Å²) in [5.74, 6) is -1.61. The van der Waals surface area contributed by atoms with E-state index >= 15 is 0 Å². The fourth-order valence-electron chi connectivity index (χ4n) is 4.12. The van der Waals surface area contributed by atoms with Crippen LogP contribution in [0, 0.1) is 30.3 Å². The zero-order chi connectivity index (χ0) is 22.0. The largest absolute Gasteiger partial charge is 0.373 e. The van der Waals surface area contributed by atoms with Crippen molar-refractivity contribution in [1.29, 1.82) is 0 Å². The number of rotatable bonds is 4. The lowest BCUT2D eigenvalue weighted by Gasteiger charge is -2.28. The molecule has 0 N–H and O–H groups in total. The molecule has 0 spiro atoms. The fourth-order valence-corrected chi connectivity index (χ4v) is 4.12. The maximum Gasteiger partial charge on any atom is 0.166 e. The molecule has 0 radical (unpaired) electrons. The number of halogens is 3. The summed E-state index contributed by atoms with van der Waals surface area (Å²) in [6.07, 6.45) is 5.99. The number of allylic oxidation sites excluding steroid dienone is 1. The second kappa shape index (κ2) is 9.11. The molecule has 0 aliphatic carbocycles. The Morgan fingerprint density at radius 3 is 2.13 bits per heavy atom. The third-order valence-electron chi connectivity index (χ3n) is 5.92. The zero-order valence-electron chi connectivity index (χ0n) is 17.7. The van der Waals surface area contributed by atoms with Gasteiger partial charge in [0.2, 0.25) is 0 Å². The van der Waals surface area contributed by atoms with Gasteiger partial charge in [0.05, 0.1) is 12.7 Å². The second-order valence-electron chi connectivity index (χ2n) is 8.06. The molecule has 1 saturated heterocycles. The highest BCUT2D eigenvalue weighted by atomic mass is 19.2. The molecule has 160 valence electrons. The number of hydrogen-bond acceptors (Lipinski definition) is 1. The molecule has 1 aliphatic heterocycles. The molecule has 4 rings (SSSR count). The van der Waals surface area contributed by atoms with Crippen LogP contribution in [0.3, 0.4) is 0 Å². The zero-order valence-corrected chi connectivity index (χ0v) is 17.7. The molecule has 3 aromatic carbocycles. The van der Waals surface area contributed by atoms with E-state index in [0.717, 1.165) is 18.4 Å². The highest BCUT2D eigenvalue weighted by molar-refractivity contribution is 5.71. The van der Waals surface area contributed by atoms with E-state index in [4.69, 9.17) is 4.74 Å². The quantitative estimate of drug-likeness (QED) is 0.390. The van der Waals surface area contributed by atoms with Crippen LogP contribution in [0.1, 0.15) is 37.0 Å². The van der Waals surface area contributed by atoms with Crippen LogP contribution in [-0.4, -0.2) is 6.61 Å². The van der Waals surface area contributed by atoms with Crippen molar-refractivity contribution in [2.75, 3.05) is 6.61 Å². The van der Waals surface area contributed by atoms with Gasteiger partial charge in [-0.2, -0.15) is 0 Å². The van der Waals surface area contributed by atoms with Gasteiger partial charge in [-0.3, -0.25) is 0 Å². The van der Waals surface area contributed by atoms with Crippen molar-refractivity contribution in [3.63, 3.8) is 0 Å². The molecule has 1 heterocycles. The third-order valence-corrected chi connectivity index (χ3v) is 5.92. The summed E-state index contributed by atoms with van der Waals surface area (Å²) in [4.78, 5) is 0. The predicted octanol–water partition coefficient (Wildman–Crippen LogP) is 7.79. The lowest BCUT2D eigenvalue weighted by Crippen LogP contribution is -2.19.